The highest BCUT2D eigenvalue weighted by Crippen LogP contribution is 2.38. The summed E-state index contributed by atoms with van der Waals surface area (Å²) in [5.74, 6) is -0.449. The van der Waals surface area contributed by atoms with Gasteiger partial charge in [-0.2, -0.15) is 9.57 Å². The van der Waals surface area contributed by atoms with E-state index in [0.717, 1.165) is 49.0 Å². The highest BCUT2D eigenvalue weighted by Gasteiger charge is 2.30. The van der Waals surface area contributed by atoms with Gasteiger partial charge >= 0.3 is 0 Å². The predicted octanol–water partition coefficient (Wildman–Crippen LogP) is 4.19. The van der Waals surface area contributed by atoms with Gasteiger partial charge in [0.25, 0.3) is 5.91 Å². The number of rotatable bonds is 4. The molecule has 1 saturated heterocycles. The number of hydrogen-bond donors (Lipinski definition) is 1. The van der Waals surface area contributed by atoms with Crippen LogP contribution in [0.15, 0.2) is 23.1 Å². The number of sulfonamides is 1. The molecule has 1 aliphatic heterocycles. The van der Waals surface area contributed by atoms with Gasteiger partial charge in [-0.25, -0.2) is 8.42 Å². The van der Waals surface area contributed by atoms with Crippen LogP contribution in [-0.4, -0.2) is 31.7 Å². The van der Waals surface area contributed by atoms with Crippen molar-refractivity contribution in [1.82, 2.24) is 4.31 Å². The van der Waals surface area contributed by atoms with E-state index in [1.165, 1.54) is 33.8 Å². The second-order valence-corrected chi connectivity index (χ2v) is 10.7. The van der Waals surface area contributed by atoms with Gasteiger partial charge in [0.15, 0.2) is 0 Å². The van der Waals surface area contributed by atoms with E-state index in [4.69, 9.17) is 11.6 Å². The van der Waals surface area contributed by atoms with Crippen LogP contribution in [0.4, 0.5) is 5.00 Å². The Morgan fingerprint density at radius 3 is 2.62 bits per heavy atom. The lowest BCUT2D eigenvalue weighted by molar-refractivity contribution is 0.102. The molecule has 1 amide bonds. The Morgan fingerprint density at radius 2 is 1.90 bits per heavy atom. The molecule has 0 unspecified atom stereocenters. The average Bonchev–Trinajstić information content (AvgIpc) is 3.36. The lowest BCUT2D eigenvalue weighted by Gasteiger charge is -2.17. The van der Waals surface area contributed by atoms with Crippen LogP contribution < -0.4 is 5.32 Å². The highest BCUT2D eigenvalue weighted by molar-refractivity contribution is 7.89. The molecule has 1 fully saturated rings. The number of nitrogens with one attached hydrogen (secondary N) is 1. The third-order valence-electron chi connectivity index (χ3n) is 5.39. The molecule has 1 aromatic heterocycles. The molecule has 0 saturated carbocycles. The molecule has 4 rings (SSSR count). The number of anilines is 1. The first-order valence-corrected chi connectivity index (χ1v) is 12.2. The fourth-order valence-corrected chi connectivity index (χ4v) is 7.11. The Morgan fingerprint density at radius 1 is 1.17 bits per heavy atom. The maximum absolute atomic E-state index is 12.9. The van der Waals surface area contributed by atoms with Gasteiger partial charge in [-0.1, -0.05) is 11.6 Å². The van der Waals surface area contributed by atoms with E-state index >= 15 is 0 Å². The quantitative estimate of drug-likeness (QED) is 0.757. The van der Waals surface area contributed by atoms with Crippen LogP contribution in [0.2, 0.25) is 5.02 Å². The van der Waals surface area contributed by atoms with E-state index in [0.29, 0.717) is 23.7 Å². The second kappa shape index (κ2) is 8.07. The number of aryl methyl sites for hydroxylation is 1. The number of halogens is 1. The first kappa shape index (κ1) is 20.4. The van der Waals surface area contributed by atoms with E-state index in [1.807, 2.05) is 0 Å². The van der Waals surface area contributed by atoms with Gasteiger partial charge in [-0.15, -0.1) is 11.3 Å². The number of thiophene rings is 1. The number of fused-ring (bicyclic) bond motifs is 1. The van der Waals surface area contributed by atoms with Crippen molar-refractivity contribution >= 4 is 43.9 Å². The lowest BCUT2D eigenvalue weighted by atomic mass is 9.96. The zero-order valence-corrected chi connectivity index (χ0v) is 18.1. The fourth-order valence-electron chi connectivity index (χ4n) is 3.86. The third kappa shape index (κ3) is 3.80. The monoisotopic (exact) mass is 449 g/mol. The number of hydrogen-bond acceptors (Lipinski definition) is 5. The van der Waals surface area contributed by atoms with Crippen LogP contribution >= 0.6 is 22.9 Å². The molecule has 1 aliphatic carbocycles. The van der Waals surface area contributed by atoms with E-state index < -0.39 is 15.9 Å². The summed E-state index contributed by atoms with van der Waals surface area (Å²) in [5, 5.41) is 13.0. The van der Waals surface area contributed by atoms with Crippen molar-refractivity contribution in [3.8, 4) is 6.07 Å². The molecular formula is C20H20ClN3O3S2. The summed E-state index contributed by atoms with van der Waals surface area (Å²) >= 11 is 7.60. The standard InChI is InChI=1S/C20H20ClN3O3S2/c21-16-8-7-13(11-18(16)29(26,27)24-9-3-4-10-24)19(25)23-20-15(12-22)14-5-1-2-6-17(14)28-20/h7-8,11H,1-6,9-10H2,(H,23,25). The third-order valence-corrected chi connectivity index (χ3v) is 8.97. The molecule has 152 valence electrons. The summed E-state index contributed by atoms with van der Waals surface area (Å²) in [6.45, 7) is 0.919. The minimum Gasteiger partial charge on any atom is -0.312 e. The smallest absolute Gasteiger partial charge is 0.256 e. The molecule has 0 atom stereocenters. The van der Waals surface area contributed by atoms with Crippen LogP contribution in [0.3, 0.4) is 0 Å². The van der Waals surface area contributed by atoms with Gasteiger partial charge in [0.1, 0.15) is 16.0 Å². The van der Waals surface area contributed by atoms with Crippen LogP contribution in [-0.2, 0) is 22.9 Å². The number of benzene rings is 1. The van der Waals surface area contributed by atoms with Crippen LogP contribution in [0, 0.1) is 11.3 Å². The fraction of sp³-hybridized carbons (Fsp3) is 0.400. The molecule has 29 heavy (non-hydrogen) atoms. The Kier molecular flexibility index (Phi) is 5.67. The summed E-state index contributed by atoms with van der Waals surface area (Å²) in [4.78, 5) is 13.9. The average molecular weight is 450 g/mol. The van der Waals surface area contributed by atoms with E-state index in [9.17, 15) is 18.5 Å². The predicted molar refractivity (Wildman–Crippen MR) is 113 cm³/mol. The zero-order chi connectivity index (χ0) is 20.6. The SMILES string of the molecule is N#Cc1c(NC(=O)c2ccc(Cl)c(S(=O)(=O)N3CCCC3)c2)sc2c1CCCC2. The van der Waals surface area contributed by atoms with E-state index in [1.54, 1.807) is 0 Å². The number of nitriles is 1. The Hall–Kier alpha value is -1.92. The molecule has 0 radical (unpaired) electrons. The maximum atomic E-state index is 12.9. The van der Waals surface area contributed by atoms with Gasteiger partial charge in [0, 0.05) is 23.5 Å². The molecule has 2 aromatic rings. The first-order valence-electron chi connectivity index (χ1n) is 9.57. The lowest BCUT2D eigenvalue weighted by Crippen LogP contribution is -2.28. The van der Waals surface area contributed by atoms with Crippen molar-refractivity contribution in [1.29, 1.82) is 5.26 Å². The highest BCUT2D eigenvalue weighted by atomic mass is 35.5. The molecule has 6 nitrogen and oxygen atoms in total. The Balaban J connectivity index is 1.64. The van der Waals surface area contributed by atoms with Gasteiger partial charge in [0.2, 0.25) is 10.0 Å². The summed E-state index contributed by atoms with van der Waals surface area (Å²) in [6, 6.07) is 6.47. The molecule has 0 bridgehead atoms. The molecule has 9 heteroatoms. The molecule has 2 aliphatic rings. The normalized spacial score (nSPS) is 17.0. The largest absolute Gasteiger partial charge is 0.312 e. The van der Waals surface area contributed by atoms with E-state index in [2.05, 4.69) is 11.4 Å². The van der Waals surface area contributed by atoms with Crippen molar-refractivity contribution < 1.29 is 13.2 Å². The molecule has 1 N–H and O–H groups in total. The van der Waals surface area contributed by atoms with Gasteiger partial charge in [-0.05, 0) is 62.3 Å². The van der Waals surface area contributed by atoms with Crippen molar-refractivity contribution in [3.05, 3.63) is 44.8 Å². The minimum absolute atomic E-state index is 0.0558. The summed E-state index contributed by atoms with van der Waals surface area (Å²) in [5.41, 5.74) is 1.76. The maximum Gasteiger partial charge on any atom is 0.256 e. The van der Waals surface area contributed by atoms with Crippen molar-refractivity contribution in [2.75, 3.05) is 18.4 Å². The van der Waals surface area contributed by atoms with Gasteiger partial charge < -0.3 is 5.32 Å². The Labute approximate surface area is 179 Å². The number of carbonyl (C=O) groups is 1. The summed E-state index contributed by atoms with van der Waals surface area (Å²) in [7, 11) is -3.74. The molecule has 0 spiro atoms. The second-order valence-electron chi connectivity index (χ2n) is 7.24. The number of nitrogens with zero attached hydrogens (tertiary/aromatic N) is 2. The van der Waals surface area contributed by atoms with Gasteiger partial charge in [0.05, 0.1) is 10.6 Å². The van der Waals surface area contributed by atoms with Crippen molar-refractivity contribution in [2.24, 2.45) is 0 Å². The minimum atomic E-state index is -3.74. The summed E-state index contributed by atoms with van der Waals surface area (Å²) < 4.78 is 27.2. The van der Waals surface area contributed by atoms with Crippen molar-refractivity contribution in [3.63, 3.8) is 0 Å². The zero-order valence-electron chi connectivity index (χ0n) is 15.7. The number of carbonyl (C=O) groups excluding carboxylic acids is 1. The molecule has 2 heterocycles. The van der Waals surface area contributed by atoms with Crippen LogP contribution in [0.25, 0.3) is 0 Å². The summed E-state index contributed by atoms with van der Waals surface area (Å²) in [6.07, 6.45) is 5.53. The first-order chi connectivity index (χ1) is 13.9. The van der Waals surface area contributed by atoms with Crippen LogP contribution in [0.5, 0.6) is 0 Å². The Bertz CT molecular complexity index is 1110. The molecule has 1 aromatic carbocycles. The number of amides is 1. The van der Waals surface area contributed by atoms with Crippen molar-refractivity contribution in [2.45, 2.75) is 43.4 Å². The van der Waals surface area contributed by atoms with E-state index in [-0.39, 0.29) is 15.5 Å². The topological polar surface area (TPSA) is 90.3 Å². The van der Waals surface area contributed by atoms with Gasteiger partial charge in [-0.3, -0.25) is 4.79 Å². The van der Waals surface area contributed by atoms with Crippen LogP contribution in [0.1, 0.15) is 52.0 Å². The molecular weight excluding hydrogens is 430 g/mol.